The molecule has 1 aromatic carbocycles. The number of hydrogen-bond donors (Lipinski definition) is 3. The van der Waals surface area contributed by atoms with Crippen LogP contribution in [0.5, 0.6) is 0 Å². The lowest BCUT2D eigenvalue weighted by Gasteiger charge is -2.39. The lowest BCUT2D eigenvalue weighted by atomic mass is 9.96. The number of benzene rings is 1. The molecule has 132 valence electrons. The molecule has 3 aliphatic heterocycles. The first-order valence-corrected chi connectivity index (χ1v) is 9.32. The maximum atomic E-state index is 14.8. The Morgan fingerprint density at radius 2 is 2.04 bits per heavy atom. The number of hydrogen-bond acceptors (Lipinski definition) is 4. The third-order valence-corrected chi connectivity index (χ3v) is 6.36. The Morgan fingerprint density at radius 1 is 1.32 bits per heavy atom. The van der Waals surface area contributed by atoms with Gasteiger partial charge in [0, 0.05) is 0 Å². The summed E-state index contributed by atoms with van der Waals surface area (Å²) in [5.74, 6) is -1.46. The van der Waals surface area contributed by atoms with E-state index in [1.165, 1.54) is 24.9 Å². The predicted molar refractivity (Wildman–Crippen MR) is 89.5 cm³/mol. The summed E-state index contributed by atoms with van der Waals surface area (Å²) in [6.07, 6.45) is 0. The van der Waals surface area contributed by atoms with Crippen LogP contribution in [0.25, 0.3) is 0 Å². The van der Waals surface area contributed by atoms with Crippen LogP contribution in [-0.2, 0) is 9.53 Å². The highest BCUT2D eigenvalue weighted by molar-refractivity contribution is 8.04. The first kappa shape index (κ1) is 16.7. The van der Waals surface area contributed by atoms with Gasteiger partial charge in [0.25, 0.3) is 0 Å². The highest BCUT2D eigenvalue weighted by Crippen LogP contribution is 2.37. The monoisotopic (exact) mass is 366 g/mol. The molecule has 6 nitrogen and oxygen atoms in total. The summed E-state index contributed by atoms with van der Waals surface area (Å²) in [6.45, 7) is 5.68. The van der Waals surface area contributed by atoms with Crippen molar-refractivity contribution < 1.29 is 33.8 Å². The van der Waals surface area contributed by atoms with Crippen LogP contribution in [0.2, 0.25) is 0 Å². The number of Topliss-reactive ketones (excluding diaryl/α,β-unsaturated/α-hetero) is 1. The molecule has 0 radical (unpaired) electrons. The van der Waals surface area contributed by atoms with Gasteiger partial charge in [0.2, 0.25) is 5.78 Å². The number of nitrogens with one attached hydrogen (secondary N) is 2. The number of carbonyl (C=O) groups is 2. The second kappa shape index (κ2) is 6.21. The Bertz CT molecular complexity index is 805. The fraction of sp³-hybridized carbons (Fsp3) is 0.412. The van der Waals surface area contributed by atoms with Crippen molar-refractivity contribution in [2.24, 2.45) is 0 Å². The van der Waals surface area contributed by atoms with Crippen molar-refractivity contribution in [2.45, 2.75) is 12.3 Å². The summed E-state index contributed by atoms with van der Waals surface area (Å²) in [5.41, 5.74) is 1.71. The molecular weight excluding hydrogens is 345 g/mol. The summed E-state index contributed by atoms with van der Waals surface area (Å²) >= 11 is 1.49. The number of ketones is 1. The number of thioether (sulfide) groups is 1. The summed E-state index contributed by atoms with van der Waals surface area (Å²) < 4.78 is 19.5. The van der Waals surface area contributed by atoms with E-state index in [9.17, 15) is 14.0 Å². The summed E-state index contributed by atoms with van der Waals surface area (Å²) in [7, 11) is 1.26. The number of quaternary nitrogens is 3. The van der Waals surface area contributed by atoms with Crippen molar-refractivity contribution in [2.75, 3.05) is 33.3 Å². The van der Waals surface area contributed by atoms with E-state index in [2.05, 4.69) is 5.32 Å². The number of ether oxygens (including phenoxy) is 1. The van der Waals surface area contributed by atoms with Crippen molar-refractivity contribution in [3.63, 3.8) is 0 Å². The van der Waals surface area contributed by atoms with Gasteiger partial charge in [-0.3, -0.25) is 14.6 Å². The van der Waals surface area contributed by atoms with Crippen molar-refractivity contribution in [3.05, 3.63) is 34.1 Å². The number of methoxy groups -OCH3 is 1. The number of halogens is 1. The first-order chi connectivity index (χ1) is 12.0. The van der Waals surface area contributed by atoms with E-state index in [1.54, 1.807) is 0 Å². The van der Waals surface area contributed by atoms with Crippen LogP contribution < -0.4 is 15.1 Å². The van der Waals surface area contributed by atoms with Crippen molar-refractivity contribution in [3.8, 4) is 0 Å². The average molecular weight is 366 g/mol. The highest BCUT2D eigenvalue weighted by atomic mass is 32.2. The quantitative estimate of drug-likeness (QED) is 0.423. The fourth-order valence-corrected chi connectivity index (χ4v) is 5.07. The lowest BCUT2D eigenvalue weighted by molar-refractivity contribution is -0.896. The maximum absolute atomic E-state index is 14.8. The molecular formula is C17H21FN3O3S+3. The Morgan fingerprint density at radius 3 is 2.68 bits per heavy atom. The van der Waals surface area contributed by atoms with E-state index in [0.717, 1.165) is 41.7 Å². The molecule has 0 amide bonds. The number of rotatable bonds is 2. The molecule has 4 N–H and O–H groups in total. The second-order valence-electron chi connectivity index (χ2n) is 6.55. The molecule has 3 aliphatic rings. The topological polar surface area (TPSA) is 68.9 Å². The van der Waals surface area contributed by atoms with Gasteiger partial charge < -0.3 is 10.1 Å². The molecule has 2 atom stereocenters. The van der Waals surface area contributed by atoms with E-state index in [-0.39, 0.29) is 22.3 Å². The van der Waals surface area contributed by atoms with Crippen LogP contribution in [0.3, 0.4) is 0 Å². The third-order valence-electron chi connectivity index (χ3n) is 5.11. The van der Waals surface area contributed by atoms with Gasteiger partial charge in [-0.2, -0.15) is 0 Å². The SMILES string of the molecule is COC(=O)C1=C2SC(C)[NH+]2c2cc([NH+]3CC[NH2+]CC3)c(F)cc2C1=O. The minimum atomic E-state index is -0.649. The van der Waals surface area contributed by atoms with Crippen molar-refractivity contribution in [1.29, 1.82) is 0 Å². The lowest BCUT2D eigenvalue weighted by Crippen LogP contribution is -3.17. The zero-order chi connectivity index (χ0) is 17.7. The van der Waals surface area contributed by atoms with E-state index in [1.807, 2.05) is 13.0 Å². The Labute approximate surface area is 149 Å². The minimum absolute atomic E-state index is 0.0418. The van der Waals surface area contributed by atoms with Crippen molar-refractivity contribution in [1.82, 2.24) is 0 Å². The molecule has 0 aromatic heterocycles. The second-order valence-corrected chi connectivity index (χ2v) is 7.90. The van der Waals surface area contributed by atoms with Gasteiger partial charge in [0.05, 0.1) is 18.7 Å². The number of piperazine rings is 1. The normalized spacial score (nSPS) is 26.0. The number of nitrogens with two attached hydrogens (primary N) is 1. The van der Waals surface area contributed by atoms with Crippen LogP contribution in [0.4, 0.5) is 15.8 Å². The van der Waals surface area contributed by atoms with Crippen LogP contribution in [0.15, 0.2) is 22.7 Å². The summed E-state index contributed by atoms with van der Waals surface area (Å²) in [6, 6.07) is 3.13. The first-order valence-electron chi connectivity index (χ1n) is 8.44. The molecule has 0 bridgehead atoms. The van der Waals surface area contributed by atoms with Gasteiger partial charge in [-0.05, 0) is 24.8 Å². The number of fused-ring (bicyclic) bond motifs is 3. The van der Waals surface area contributed by atoms with E-state index in [4.69, 9.17) is 4.74 Å². The van der Waals surface area contributed by atoms with Crippen LogP contribution >= 0.6 is 11.8 Å². The van der Waals surface area contributed by atoms with Gasteiger partial charge in [-0.1, -0.05) is 0 Å². The summed E-state index contributed by atoms with van der Waals surface area (Å²) in [4.78, 5) is 26.9. The molecule has 8 heteroatoms. The molecule has 2 saturated heterocycles. The van der Waals surface area contributed by atoms with Gasteiger partial charge in [0.1, 0.15) is 26.2 Å². The maximum Gasteiger partial charge on any atom is 0.348 e. The molecule has 0 saturated carbocycles. The number of esters is 1. The molecule has 1 aromatic rings. The zero-order valence-electron chi connectivity index (χ0n) is 14.1. The molecule has 3 heterocycles. The average Bonchev–Trinajstić information content (AvgIpc) is 2.61. The molecule has 2 fully saturated rings. The molecule has 0 spiro atoms. The number of carbonyl (C=O) groups excluding carboxylic acids is 2. The standard InChI is InChI=1S/C17H18FN3O3S/c1-9-21-12-8-13(20-5-3-19-4-6-20)11(18)7-10(12)15(22)14(16(21)25-9)17(23)24-2/h7-9,19H,3-6H2,1-2H3/p+3. The van der Waals surface area contributed by atoms with Gasteiger partial charge >= 0.3 is 5.97 Å². The van der Waals surface area contributed by atoms with E-state index in [0.29, 0.717) is 10.7 Å². The largest absolute Gasteiger partial charge is 0.465 e. The minimum Gasteiger partial charge on any atom is -0.465 e. The van der Waals surface area contributed by atoms with Gasteiger partial charge in [-0.25, -0.2) is 9.18 Å². The smallest absolute Gasteiger partial charge is 0.348 e. The highest BCUT2D eigenvalue weighted by Gasteiger charge is 2.51. The van der Waals surface area contributed by atoms with Crippen molar-refractivity contribution >= 4 is 34.9 Å². The Hall–Kier alpha value is -1.74. The molecule has 0 aliphatic carbocycles. The molecule has 25 heavy (non-hydrogen) atoms. The van der Waals surface area contributed by atoms with Crippen LogP contribution in [0, 0.1) is 5.82 Å². The van der Waals surface area contributed by atoms with Crippen LogP contribution in [-0.4, -0.2) is 50.4 Å². The van der Waals surface area contributed by atoms with Gasteiger partial charge in [0.15, 0.2) is 33.2 Å². The Kier molecular flexibility index (Phi) is 4.15. The van der Waals surface area contributed by atoms with Gasteiger partial charge in [-0.15, -0.1) is 0 Å². The fourth-order valence-electron chi connectivity index (χ4n) is 3.83. The Balaban J connectivity index is 1.81. The van der Waals surface area contributed by atoms with E-state index < -0.39 is 11.8 Å². The molecule has 4 rings (SSSR count). The zero-order valence-corrected chi connectivity index (χ0v) is 15.0. The van der Waals surface area contributed by atoms with Crippen LogP contribution in [0.1, 0.15) is 17.3 Å². The third kappa shape index (κ3) is 2.52. The summed E-state index contributed by atoms with van der Waals surface area (Å²) in [5, 5.41) is 3.09. The molecule has 2 unspecified atom stereocenters. The van der Waals surface area contributed by atoms with E-state index >= 15 is 0 Å². The predicted octanol–water partition coefficient (Wildman–Crippen LogP) is -1.89.